The molecule has 1 heteroatoms. The van der Waals surface area contributed by atoms with E-state index in [-0.39, 0.29) is 0 Å². The minimum Gasteiger partial charge on any atom is -0.494 e. The van der Waals surface area contributed by atoms with E-state index < -0.39 is 0 Å². The maximum atomic E-state index is 5.59. The van der Waals surface area contributed by atoms with E-state index in [1.54, 1.807) is 0 Å². The fourth-order valence-electron chi connectivity index (χ4n) is 2.03. The molecule has 1 aromatic carbocycles. The first-order valence-electron chi connectivity index (χ1n) is 5.95. The molecule has 0 fully saturated rings. The van der Waals surface area contributed by atoms with Crippen LogP contribution in [-0.2, 0) is 0 Å². The van der Waals surface area contributed by atoms with Crippen molar-refractivity contribution in [3.05, 3.63) is 41.5 Å². The van der Waals surface area contributed by atoms with Gasteiger partial charge < -0.3 is 4.74 Å². The third kappa shape index (κ3) is 2.88. The third-order valence-electron chi connectivity index (χ3n) is 2.91. The summed E-state index contributed by atoms with van der Waals surface area (Å²) >= 11 is 0. The second kappa shape index (κ2) is 5.74. The standard InChI is InChI=1S/C15H22O/c1-6-8-11(3)14-9-13(5)15(16-7-2)10-12(14)4/h6,9-11H,1,7-8H2,2-5H3. The predicted molar refractivity (Wildman–Crippen MR) is 70.3 cm³/mol. The molecular formula is C15H22O. The van der Waals surface area contributed by atoms with Crippen LogP contribution in [0, 0.1) is 13.8 Å². The summed E-state index contributed by atoms with van der Waals surface area (Å²) in [4.78, 5) is 0. The third-order valence-corrected chi connectivity index (χ3v) is 2.91. The molecule has 1 nitrogen and oxygen atoms in total. The highest BCUT2D eigenvalue weighted by atomic mass is 16.5. The molecular weight excluding hydrogens is 196 g/mol. The van der Waals surface area contributed by atoms with Crippen LogP contribution in [0.15, 0.2) is 24.8 Å². The Morgan fingerprint density at radius 2 is 2.00 bits per heavy atom. The van der Waals surface area contributed by atoms with E-state index in [1.807, 2.05) is 13.0 Å². The van der Waals surface area contributed by atoms with Gasteiger partial charge in [-0.05, 0) is 55.9 Å². The van der Waals surface area contributed by atoms with Crippen LogP contribution in [0.1, 0.15) is 42.9 Å². The Kier molecular flexibility index (Phi) is 4.60. The molecule has 0 radical (unpaired) electrons. The second-order valence-corrected chi connectivity index (χ2v) is 4.33. The minimum absolute atomic E-state index is 0.534. The number of benzene rings is 1. The van der Waals surface area contributed by atoms with Crippen molar-refractivity contribution in [2.45, 2.75) is 40.0 Å². The molecule has 88 valence electrons. The monoisotopic (exact) mass is 218 g/mol. The van der Waals surface area contributed by atoms with E-state index in [0.29, 0.717) is 5.92 Å². The van der Waals surface area contributed by atoms with Gasteiger partial charge >= 0.3 is 0 Å². The number of rotatable bonds is 5. The van der Waals surface area contributed by atoms with Crippen LogP contribution in [0.3, 0.4) is 0 Å². The Morgan fingerprint density at radius 1 is 1.31 bits per heavy atom. The van der Waals surface area contributed by atoms with Gasteiger partial charge in [-0.25, -0.2) is 0 Å². The molecule has 1 aromatic rings. The first-order valence-corrected chi connectivity index (χ1v) is 5.95. The van der Waals surface area contributed by atoms with Crippen molar-refractivity contribution in [2.75, 3.05) is 6.61 Å². The molecule has 0 saturated heterocycles. The van der Waals surface area contributed by atoms with Crippen molar-refractivity contribution in [3.8, 4) is 5.75 Å². The van der Waals surface area contributed by atoms with E-state index in [2.05, 4.69) is 39.5 Å². The molecule has 0 amide bonds. The van der Waals surface area contributed by atoms with Gasteiger partial charge in [-0.3, -0.25) is 0 Å². The van der Waals surface area contributed by atoms with Crippen LogP contribution < -0.4 is 4.74 Å². The topological polar surface area (TPSA) is 9.23 Å². The first-order chi connectivity index (χ1) is 7.60. The predicted octanol–water partition coefficient (Wildman–Crippen LogP) is 4.38. The van der Waals surface area contributed by atoms with Crippen LogP contribution in [0.5, 0.6) is 5.75 Å². The highest BCUT2D eigenvalue weighted by Crippen LogP contribution is 2.29. The largest absolute Gasteiger partial charge is 0.494 e. The van der Waals surface area contributed by atoms with Gasteiger partial charge in [-0.15, -0.1) is 6.58 Å². The maximum absolute atomic E-state index is 5.59. The van der Waals surface area contributed by atoms with Crippen molar-refractivity contribution < 1.29 is 4.74 Å². The highest BCUT2D eigenvalue weighted by molar-refractivity contribution is 5.43. The SMILES string of the molecule is C=CCC(C)c1cc(C)c(OCC)cc1C. The number of hydrogen-bond donors (Lipinski definition) is 0. The zero-order valence-corrected chi connectivity index (χ0v) is 10.8. The average molecular weight is 218 g/mol. The summed E-state index contributed by atoms with van der Waals surface area (Å²) in [7, 11) is 0. The Morgan fingerprint density at radius 3 is 2.56 bits per heavy atom. The van der Waals surface area contributed by atoms with Gasteiger partial charge in [0.15, 0.2) is 0 Å². The van der Waals surface area contributed by atoms with Gasteiger partial charge in [0.2, 0.25) is 0 Å². The molecule has 0 bridgehead atoms. The number of aryl methyl sites for hydroxylation is 2. The number of hydrogen-bond acceptors (Lipinski definition) is 1. The quantitative estimate of drug-likeness (QED) is 0.666. The molecule has 0 heterocycles. The molecule has 0 N–H and O–H groups in total. The molecule has 0 saturated carbocycles. The normalized spacial score (nSPS) is 12.2. The maximum Gasteiger partial charge on any atom is 0.122 e. The Labute approximate surface area is 99.1 Å². The molecule has 0 aliphatic carbocycles. The Bertz CT molecular complexity index is 366. The summed E-state index contributed by atoms with van der Waals surface area (Å²) in [6.45, 7) is 13.0. The van der Waals surface area contributed by atoms with Gasteiger partial charge in [0, 0.05) is 0 Å². The zero-order valence-electron chi connectivity index (χ0n) is 10.8. The van der Waals surface area contributed by atoms with Crippen molar-refractivity contribution in [3.63, 3.8) is 0 Å². The molecule has 1 unspecified atom stereocenters. The summed E-state index contributed by atoms with van der Waals surface area (Å²) < 4.78 is 5.59. The van der Waals surface area contributed by atoms with Crippen LogP contribution in [0.25, 0.3) is 0 Å². The summed E-state index contributed by atoms with van der Waals surface area (Å²) in [5, 5.41) is 0. The van der Waals surface area contributed by atoms with Crippen LogP contribution in [-0.4, -0.2) is 6.61 Å². The average Bonchev–Trinajstić information content (AvgIpc) is 2.23. The molecule has 1 atom stereocenters. The van der Waals surface area contributed by atoms with Crippen molar-refractivity contribution >= 4 is 0 Å². The molecule has 0 aromatic heterocycles. The van der Waals surface area contributed by atoms with Crippen molar-refractivity contribution in [1.82, 2.24) is 0 Å². The molecule has 0 aliphatic rings. The van der Waals surface area contributed by atoms with Crippen molar-refractivity contribution in [2.24, 2.45) is 0 Å². The first kappa shape index (κ1) is 12.8. The lowest BCUT2D eigenvalue weighted by atomic mass is 9.92. The summed E-state index contributed by atoms with van der Waals surface area (Å²) in [6.07, 6.45) is 3.00. The summed E-state index contributed by atoms with van der Waals surface area (Å²) in [5.41, 5.74) is 3.93. The highest BCUT2D eigenvalue weighted by Gasteiger charge is 2.10. The van der Waals surface area contributed by atoms with Gasteiger partial charge in [-0.2, -0.15) is 0 Å². The van der Waals surface area contributed by atoms with E-state index in [0.717, 1.165) is 18.8 Å². The lowest BCUT2D eigenvalue weighted by molar-refractivity contribution is 0.337. The van der Waals surface area contributed by atoms with E-state index in [4.69, 9.17) is 4.74 Å². The van der Waals surface area contributed by atoms with Gasteiger partial charge in [0.05, 0.1) is 6.61 Å². The van der Waals surface area contributed by atoms with E-state index in [1.165, 1.54) is 16.7 Å². The van der Waals surface area contributed by atoms with Crippen molar-refractivity contribution in [1.29, 1.82) is 0 Å². The molecule has 0 spiro atoms. The lowest BCUT2D eigenvalue weighted by Crippen LogP contribution is -2.00. The molecule has 0 aliphatic heterocycles. The smallest absolute Gasteiger partial charge is 0.122 e. The fourth-order valence-corrected chi connectivity index (χ4v) is 2.03. The van der Waals surface area contributed by atoms with Crippen LogP contribution in [0.4, 0.5) is 0 Å². The second-order valence-electron chi connectivity index (χ2n) is 4.33. The van der Waals surface area contributed by atoms with Gasteiger partial charge in [0.25, 0.3) is 0 Å². The number of ether oxygens (including phenoxy) is 1. The molecule has 16 heavy (non-hydrogen) atoms. The Balaban J connectivity index is 3.04. The minimum atomic E-state index is 0.534. The van der Waals surface area contributed by atoms with Crippen LogP contribution >= 0.6 is 0 Å². The fraction of sp³-hybridized carbons (Fsp3) is 0.467. The Hall–Kier alpha value is -1.24. The summed E-state index contributed by atoms with van der Waals surface area (Å²) in [6, 6.07) is 4.39. The number of allylic oxidation sites excluding steroid dienone is 1. The van der Waals surface area contributed by atoms with Gasteiger partial charge in [-0.1, -0.05) is 19.1 Å². The molecule has 1 rings (SSSR count). The lowest BCUT2D eigenvalue weighted by Gasteiger charge is -2.16. The van der Waals surface area contributed by atoms with Crippen LogP contribution in [0.2, 0.25) is 0 Å². The summed E-state index contributed by atoms with van der Waals surface area (Å²) in [5.74, 6) is 1.54. The van der Waals surface area contributed by atoms with E-state index in [9.17, 15) is 0 Å². The zero-order chi connectivity index (χ0) is 12.1. The van der Waals surface area contributed by atoms with E-state index >= 15 is 0 Å². The van der Waals surface area contributed by atoms with Gasteiger partial charge in [0.1, 0.15) is 5.75 Å².